The van der Waals surface area contributed by atoms with Crippen molar-refractivity contribution in [3.8, 4) is 5.75 Å². The number of hydrogen-bond acceptors (Lipinski definition) is 4. The number of aryl methyl sites for hydroxylation is 1. The minimum Gasteiger partial charge on any atom is -0.492 e. The van der Waals surface area contributed by atoms with Gasteiger partial charge in [0, 0.05) is 37.8 Å². The first-order valence-electron chi connectivity index (χ1n) is 13.4. The summed E-state index contributed by atoms with van der Waals surface area (Å²) >= 11 is 0. The molecule has 7 heteroatoms. The Labute approximate surface area is 225 Å². The Morgan fingerprint density at radius 1 is 0.974 bits per heavy atom. The van der Waals surface area contributed by atoms with Crippen molar-refractivity contribution >= 4 is 17.4 Å². The first-order chi connectivity index (χ1) is 18.4. The highest BCUT2D eigenvalue weighted by atomic mass is 19.1. The minimum atomic E-state index is -0.177. The lowest BCUT2D eigenvalue weighted by molar-refractivity contribution is 0.159. The summed E-state index contributed by atoms with van der Waals surface area (Å²) in [7, 11) is 4.05. The molecule has 0 aromatic heterocycles. The number of ether oxygens (including phenoxy) is 1. The molecule has 1 saturated heterocycles. The van der Waals surface area contributed by atoms with E-state index < -0.39 is 0 Å². The van der Waals surface area contributed by atoms with Crippen molar-refractivity contribution in [3.63, 3.8) is 0 Å². The fraction of sp³-hybridized carbons (Fsp3) is 0.387. The van der Waals surface area contributed by atoms with Crippen LogP contribution in [0.2, 0.25) is 0 Å². The van der Waals surface area contributed by atoms with Gasteiger partial charge in [-0.25, -0.2) is 9.18 Å². The van der Waals surface area contributed by atoms with Gasteiger partial charge in [0.25, 0.3) is 0 Å². The lowest BCUT2D eigenvalue weighted by Gasteiger charge is -2.44. The summed E-state index contributed by atoms with van der Waals surface area (Å²) in [6.45, 7) is 5.84. The molecule has 200 valence electrons. The highest BCUT2D eigenvalue weighted by Crippen LogP contribution is 2.35. The molecule has 2 heterocycles. The minimum absolute atomic E-state index is 0.0207. The van der Waals surface area contributed by atoms with Crippen LogP contribution in [0.25, 0.3) is 0 Å². The Hall–Kier alpha value is -3.58. The van der Waals surface area contributed by atoms with Crippen LogP contribution in [-0.4, -0.2) is 62.2 Å². The Bertz CT molecular complexity index is 1250. The van der Waals surface area contributed by atoms with E-state index in [4.69, 9.17) is 4.74 Å². The summed E-state index contributed by atoms with van der Waals surface area (Å²) < 4.78 is 20.7. The topological polar surface area (TPSA) is 39.3 Å². The van der Waals surface area contributed by atoms with Gasteiger partial charge in [-0.1, -0.05) is 48.5 Å². The van der Waals surface area contributed by atoms with E-state index in [0.717, 1.165) is 60.6 Å². The molecule has 0 saturated carbocycles. The number of nitrogens with zero attached hydrogens (tertiary/aromatic N) is 4. The molecule has 0 unspecified atom stereocenters. The van der Waals surface area contributed by atoms with Gasteiger partial charge in [0.2, 0.25) is 0 Å². The first kappa shape index (κ1) is 26.0. The van der Waals surface area contributed by atoms with Crippen LogP contribution in [0.1, 0.15) is 29.5 Å². The molecule has 0 spiro atoms. The quantitative estimate of drug-likeness (QED) is 0.386. The van der Waals surface area contributed by atoms with Crippen LogP contribution in [0.15, 0.2) is 66.7 Å². The maximum Gasteiger partial charge on any atom is 0.325 e. The fourth-order valence-corrected chi connectivity index (χ4v) is 5.56. The third-order valence-electron chi connectivity index (χ3n) is 7.61. The zero-order chi connectivity index (χ0) is 26.6. The SMILES string of the molecule is Cc1cccc(F)c1N1CCC(N2Cc3ccccc3N(Cc3ccccc3OCCN(C)C)C2=O)CC1. The number of carbonyl (C=O) groups is 1. The number of rotatable bonds is 8. The molecule has 3 aromatic rings. The summed E-state index contributed by atoms with van der Waals surface area (Å²) in [5.74, 6) is 0.634. The number of para-hydroxylation sites is 3. The van der Waals surface area contributed by atoms with Gasteiger partial charge in [0.15, 0.2) is 0 Å². The van der Waals surface area contributed by atoms with Crippen molar-refractivity contribution in [2.24, 2.45) is 0 Å². The van der Waals surface area contributed by atoms with Gasteiger partial charge in [-0.05, 0) is 63.2 Å². The lowest BCUT2D eigenvalue weighted by Crippen LogP contribution is -2.54. The average Bonchev–Trinajstić information content (AvgIpc) is 2.91. The van der Waals surface area contributed by atoms with E-state index in [1.165, 1.54) is 6.07 Å². The number of hydrogen-bond donors (Lipinski definition) is 0. The number of benzene rings is 3. The van der Waals surface area contributed by atoms with E-state index in [1.807, 2.05) is 79.3 Å². The highest BCUT2D eigenvalue weighted by Gasteiger charge is 2.36. The summed E-state index contributed by atoms with van der Waals surface area (Å²) in [5, 5.41) is 0. The number of urea groups is 1. The number of halogens is 1. The van der Waals surface area contributed by atoms with Gasteiger partial charge in [-0.3, -0.25) is 4.90 Å². The van der Waals surface area contributed by atoms with Crippen LogP contribution >= 0.6 is 0 Å². The molecule has 0 N–H and O–H groups in total. The van der Waals surface area contributed by atoms with Crippen LogP contribution in [0.4, 0.5) is 20.6 Å². The fourth-order valence-electron chi connectivity index (χ4n) is 5.56. The zero-order valence-corrected chi connectivity index (χ0v) is 22.6. The number of fused-ring (bicyclic) bond motifs is 1. The Balaban J connectivity index is 1.34. The van der Waals surface area contributed by atoms with Crippen molar-refractivity contribution in [2.45, 2.75) is 38.9 Å². The van der Waals surface area contributed by atoms with Gasteiger partial charge in [0.1, 0.15) is 18.2 Å². The smallest absolute Gasteiger partial charge is 0.325 e. The molecule has 2 amide bonds. The average molecular weight is 517 g/mol. The molecule has 0 bridgehead atoms. The molecule has 0 radical (unpaired) electrons. The molecule has 0 atom stereocenters. The third-order valence-corrected chi connectivity index (χ3v) is 7.61. The molecule has 38 heavy (non-hydrogen) atoms. The number of likely N-dealkylation sites (N-methyl/N-ethyl adjacent to an activating group) is 1. The van der Waals surface area contributed by atoms with Crippen molar-refractivity contribution < 1.29 is 13.9 Å². The van der Waals surface area contributed by atoms with Crippen molar-refractivity contribution in [1.82, 2.24) is 9.80 Å². The predicted octanol–water partition coefficient (Wildman–Crippen LogP) is 5.69. The summed E-state index contributed by atoms with van der Waals surface area (Å²) in [5.41, 5.74) is 4.72. The molecule has 3 aromatic carbocycles. The normalized spacial score (nSPS) is 16.2. The van der Waals surface area contributed by atoms with Gasteiger partial charge in [-0.15, -0.1) is 0 Å². The predicted molar refractivity (Wildman–Crippen MR) is 150 cm³/mol. The summed E-state index contributed by atoms with van der Waals surface area (Å²) in [6, 6.07) is 21.5. The highest BCUT2D eigenvalue weighted by molar-refractivity contribution is 5.95. The van der Waals surface area contributed by atoms with Crippen LogP contribution < -0.4 is 14.5 Å². The molecule has 5 rings (SSSR count). The second kappa shape index (κ2) is 11.4. The van der Waals surface area contributed by atoms with Crippen molar-refractivity contribution in [3.05, 3.63) is 89.2 Å². The Kier molecular flexibility index (Phi) is 7.84. The van der Waals surface area contributed by atoms with Gasteiger partial charge >= 0.3 is 6.03 Å². The van der Waals surface area contributed by atoms with Crippen LogP contribution in [0.3, 0.4) is 0 Å². The van der Waals surface area contributed by atoms with Gasteiger partial charge < -0.3 is 19.4 Å². The van der Waals surface area contributed by atoms with E-state index in [0.29, 0.717) is 25.4 Å². The number of carbonyl (C=O) groups excluding carboxylic acids is 1. The first-order valence-corrected chi connectivity index (χ1v) is 13.4. The summed E-state index contributed by atoms with van der Waals surface area (Å²) in [6.07, 6.45) is 1.61. The van der Waals surface area contributed by atoms with Crippen LogP contribution in [-0.2, 0) is 13.1 Å². The van der Waals surface area contributed by atoms with Crippen molar-refractivity contribution in [1.29, 1.82) is 0 Å². The van der Waals surface area contributed by atoms with E-state index in [1.54, 1.807) is 6.07 Å². The van der Waals surface area contributed by atoms with E-state index in [-0.39, 0.29) is 17.9 Å². The van der Waals surface area contributed by atoms with Gasteiger partial charge in [0.05, 0.1) is 17.9 Å². The van der Waals surface area contributed by atoms with E-state index in [9.17, 15) is 9.18 Å². The van der Waals surface area contributed by atoms with Crippen molar-refractivity contribution in [2.75, 3.05) is 50.1 Å². The molecular weight excluding hydrogens is 479 g/mol. The Morgan fingerprint density at radius 2 is 1.71 bits per heavy atom. The number of piperidine rings is 1. The van der Waals surface area contributed by atoms with Crippen LogP contribution in [0.5, 0.6) is 5.75 Å². The third kappa shape index (κ3) is 5.48. The molecule has 2 aliphatic heterocycles. The second-order valence-corrected chi connectivity index (χ2v) is 10.5. The molecule has 1 fully saturated rings. The number of amides is 2. The zero-order valence-electron chi connectivity index (χ0n) is 22.6. The monoisotopic (exact) mass is 516 g/mol. The molecular formula is C31H37FN4O2. The van der Waals surface area contributed by atoms with Gasteiger partial charge in [-0.2, -0.15) is 0 Å². The van der Waals surface area contributed by atoms with E-state index >= 15 is 0 Å². The maximum absolute atomic E-state index is 14.6. The molecule has 2 aliphatic rings. The summed E-state index contributed by atoms with van der Waals surface area (Å²) in [4.78, 5) is 22.1. The largest absolute Gasteiger partial charge is 0.492 e. The molecule has 0 aliphatic carbocycles. The van der Waals surface area contributed by atoms with Crippen LogP contribution in [0, 0.1) is 12.7 Å². The maximum atomic E-state index is 14.6. The standard InChI is InChI=1S/C31H37FN4O2/c1-23-9-8-12-27(32)30(23)34-17-15-26(16-18-34)35-21-24-10-4-6-13-28(24)36(31(35)37)22-25-11-5-7-14-29(25)38-20-19-33(2)3/h4-14,26H,15-22H2,1-3H3. The number of anilines is 2. The molecule has 6 nitrogen and oxygen atoms in total. The Morgan fingerprint density at radius 3 is 2.47 bits per heavy atom. The second-order valence-electron chi connectivity index (χ2n) is 10.5. The lowest BCUT2D eigenvalue weighted by atomic mass is 9.99. The van der Waals surface area contributed by atoms with E-state index in [2.05, 4.69) is 15.9 Å².